The zero-order valence-corrected chi connectivity index (χ0v) is 8.01. The number of amides is 1. The van der Waals surface area contributed by atoms with Crippen LogP contribution >= 0.6 is 0 Å². The van der Waals surface area contributed by atoms with Crippen LogP contribution in [-0.2, 0) is 12.7 Å². The van der Waals surface area contributed by atoms with Crippen LogP contribution in [-0.4, -0.2) is 11.2 Å². The Morgan fingerprint density at radius 3 is 2.50 bits per heavy atom. The van der Waals surface area contributed by atoms with E-state index >= 15 is 0 Å². The van der Waals surface area contributed by atoms with E-state index in [2.05, 4.69) is 0 Å². The molecule has 0 spiro atoms. The summed E-state index contributed by atoms with van der Waals surface area (Å²) in [5.41, 5.74) is 4.12. The normalized spacial score (nSPS) is 11.2. The van der Waals surface area contributed by atoms with Crippen LogP contribution in [0.1, 0.15) is 11.1 Å². The Hall–Kier alpha value is -1.76. The molecule has 0 fully saturated rings. The Balaban J connectivity index is 3.21. The topological polar surface area (TPSA) is 75.3 Å². The van der Waals surface area contributed by atoms with Crippen molar-refractivity contribution >= 4 is 11.8 Å². The van der Waals surface area contributed by atoms with E-state index in [1.54, 1.807) is 5.32 Å². The van der Waals surface area contributed by atoms with E-state index in [-0.39, 0.29) is 6.54 Å². The highest BCUT2D eigenvalue weighted by Crippen LogP contribution is 2.35. The Morgan fingerprint density at radius 1 is 1.44 bits per heavy atom. The maximum Gasteiger partial charge on any atom is 0.418 e. The number of hydrogen-bond acceptors (Lipinski definition) is 2. The second-order valence-electron chi connectivity index (χ2n) is 3.01. The average Bonchev–Trinajstić information content (AvgIpc) is 2.14. The van der Waals surface area contributed by atoms with Crippen molar-refractivity contribution in [3.8, 4) is 0 Å². The van der Waals surface area contributed by atoms with Gasteiger partial charge in [0.15, 0.2) is 0 Å². The molecule has 0 aliphatic rings. The van der Waals surface area contributed by atoms with Crippen LogP contribution in [0.15, 0.2) is 18.2 Å². The van der Waals surface area contributed by atoms with Gasteiger partial charge in [0, 0.05) is 6.54 Å². The molecule has 88 valence electrons. The number of carboxylic acid groups (broad SMARTS) is 1. The first-order valence-electron chi connectivity index (χ1n) is 4.24. The van der Waals surface area contributed by atoms with Gasteiger partial charge in [0.25, 0.3) is 0 Å². The summed E-state index contributed by atoms with van der Waals surface area (Å²) in [5.74, 6) is 0. The highest BCUT2D eigenvalue weighted by Gasteiger charge is 2.33. The third-order valence-corrected chi connectivity index (χ3v) is 1.87. The summed E-state index contributed by atoms with van der Waals surface area (Å²) in [6.07, 6.45) is -6.16. The Bertz CT molecular complexity index is 404. The van der Waals surface area contributed by atoms with Crippen LogP contribution in [0.2, 0.25) is 0 Å². The van der Waals surface area contributed by atoms with Crippen molar-refractivity contribution < 1.29 is 23.1 Å². The molecule has 0 heterocycles. The van der Waals surface area contributed by atoms with E-state index in [9.17, 15) is 18.0 Å². The lowest BCUT2D eigenvalue weighted by Crippen LogP contribution is -2.15. The molecule has 0 radical (unpaired) electrons. The molecule has 0 saturated heterocycles. The largest absolute Gasteiger partial charge is 0.465 e. The zero-order chi connectivity index (χ0) is 12.3. The molecule has 0 atom stereocenters. The minimum atomic E-state index is -4.61. The van der Waals surface area contributed by atoms with Crippen LogP contribution in [0.3, 0.4) is 0 Å². The predicted molar refractivity (Wildman–Crippen MR) is 51.0 cm³/mol. The summed E-state index contributed by atoms with van der Waals surface area (Å²) in [7, 11) is 0. The number of nitrogens with two attached hydrogens (primary N) is 1. The smallest absolute Gasteiger partial charge is 0.418 e. The van der Waals surface area contributed by atoms with Crippen molar-refractivity contribution in [2.75, 3.05) is 5.32 Å². The monoisotopic (exact) mass is 234 g/mol. The number of rotatable bonds is 2. The SMILES string of the molecule is NCc1ccc(C(F)(F)F)c(NC(=O)O)c1. The highest BCUT2D eigenvalue weighted by molar-refractivity contribution is 5.84. The Kier molecular flexibility index (Phi) is 3.38. The van der Waals surface area contributed by atoms with Crippen LogP contribution in [0.4, 0.5) is 23.7 Å². The van der Waals surface area contributed by atoms with Gasteiger partial charge < -0.3 is 10.8 Å². The summed E-state index contributed by atoms with van der Waals surface area (Å²) >= 11 is 0. The van der Waals surface area contributed by atoms with Crippen molar-refractivity contribution in [2.24, 2.45) is 5.73 Å². The van der Waals surface area contributed by atoms with Crippen molar-refractivity contribution in [1.29, 1.82) is 0 Å². The Morgan fingerprint density at radius 2 is 2.06 bits per heavy atom. The number of nitrogens with one attached hydrogen (secondary N) is 1. The molecule has 16 heavy (non-hydrogen) atoms. The van der Waals surface area contributed by atoms with Crippen LogP contribution in [0.5, 0.6) is 0 Å². The van der Waals surface area contributed by atoms with E-state index in [0.29, 0.717) is 5.56 Å². The van der Waals surface area contributed by atoms with Gasteiger partial charge >= 0.3 is 12.3 Å². The predicted octanol–water partition coefficient (Wildman–Crippen LogP) is 2.25. The molecule has 4 nitrogen and oxygen atoms in total. The van der Waals surface area contributed by atoms with Gasteiger partial charge in [0.1, 0.15) is 0 Å². The van der Waals surface area contributed by atoms with E-state index < -0.39 is 23.5 Å². The molecule has 4 N–H and O–H groups in total. The summed E-state index contributed by atoms with van der Waals surface area (Å²) in [6, 6.07) is 3.07. The first-order valence-corrected chi connectivity index (χ1v) is 4.24. The summed E-state index contributed by atoms with van der Waals surface area (Å²) in [6.45, 7) is 0.0342. The molecular formula is C9H9F3N2O2. The number of benzene rings is 1. The van der Waals surface area contributed by atoms with Gasteiger partial charge in [-0.15, -0.1) is 0 Å². The van der Waals surface area contributed by atoms with E-state index in [1.165, 1.54) is 6.07 Å². The maximum atomic E-state index is 12.5. The number of anilines is 1. The maximum absolute atomic E-state index is 12.5. The molecular weight excluding hydrogens is 225 g/mol. The van der Waals surface area contributed by atoms with Crippen LogP contribution in [0, 0.1) is 0 Å². The highest BCUT2D eigenvalue weighted by atomic mass is 19.4. The van der Waals surface area contributed by atoms with Gasteiger partial charge in [-0.25, -0.2) is 4.79 Å². The van der Waals surface area contributed by atoms with Gasteiger partial charge in [-0.3, -0.25) is 5.32 Å². The fourth-order valence-electron chi connectivity index (χ4n) is 1.18. The lowest BCUT2D eigenvalue weighted by molar-refractivity contribution is -0.136. The first-order chi connectivity index (χ1) is 7.34. The summed E-state index contributed by atoms with van der Waals surface area (Å²) in [5, 5.41) is 10.1. The lowest BCUT2D eigenvalue weighted by Gasteiger charge is -2.13. The summed E-state index contributed by atoms with van der Waals surface area (Å²) in [4.78, 5) is 10.3. The van der Waals surface area contributed by atoms with Gasteiger partial charge in [-0.1, -0.05) is 6.07 Å². The molecule has 1 amide bonds. The average molecular weight is 234 g/mol. The molecule has 1 aromatic rings. The van der Waals surface area contributed by atoms with E-state index in [1.807, 2.05) is 0 Å². The molecule has 7 heteroatoms. The molecule has 0 bridgehead atoms. The molecule has 1 aromatic carbocycles. The summed E-state index contributed by atoms with van der Waals surface area (Å²) < 4.78 is 37.4. The third-order valence-electron chi connectivity index (χ3n) is 1.87. The molecule has 0 saturated carbocycles. The number of alkyl halides is 3. The van der Waals surface area contributed by atoms with Gasteiger partial charge in [-0.2, -0.15) is 13.2 Å². The van der Waals surface area contributed by atoms with E-state index in [0.717, 1.165) is 12.1 Å². The quantitative estimate of drug-likeness (QED) is 0.734. The fraction of sp³-hybridized carbons (Fsp3) is 0.222. The first kappa shape index (κ1) is 12.3. The molecule has 0 aromatic heterocycles. The van der Waals surface area contributed by atoms with Crippen LogP contribution < -0.4 is 11.1 Å². The van der Waals surface area contributed by atoms with Gasteiger partial charge in [0.05, 0.1) is 11.3 Å². The fourth-order valence-corrected chi connectivity index (χ4v) is 1.18. The lowest BCUT2D eigenvalue weighted by atomic mass is 10.1. The minimum absolute atomic E-state index is 0.0342. The minimum Gasteiger partial charge on any atom is -0.465 e. The molecule has 1 rings (SSSR count). The standard InChI is InChI=1S/C9H9F3N2O2/c10-9(11,12)6-2-1-5(4-13)3-7(6)14-8(15)16/h1-3,14H,4,13H2,(H,15,16). The molecule has 0 unspecified atom stereocenters. The second kappa shape index (κ2) is 4.40. The van der Waals surface area contributed by atoms with Crippen molar-refractivity contribution in [1.82, 2.24) is 0 Å². The Labute approximate surface area is 88.9 Å². The van der Waals surface area contributed by atoms with Crippen molar-refractivity contribution in [3.05, 3.63) is 29.3 Å². The number of hydrogen-bond donors (Lipinski definition) is 3. The van der Waals surface area contributed by atoms with Crippen molar-refractivity contribution in [2.45, 2.75) is 12.7 Å². The molecule has 0 aliphatic heterocycles. The van der Waals surface area contributed by atoms with Gasteiger partial charge in [-0.05, 0) is 17.7 Å². The molecule has 0 aliphatic carbocycles. The number of halogens is 3. The number of carbonyl (C=O) groups is 1. The van der Waals surface area contributed by atoms with E-state index in [4.69, 9.17) is 10.8 Å². The van der Waals surface area contributed by atoms with Gasteiger partial charge in [0.2, 0.25) is 0 Å². The second-order valence-corrected chi connectivity index (χ2v) is 3.01. The zero-order valence-electron chi connectivity index (χ0n) is 8.01. The van der Waals surface area contributed by atoms with Crippen molar-refractivity contribution in [3.63, 3.8) is 0 Å². The van der Waals surface area contributed by atoms with Crippen LogP contribution in [0.25, 0.3) is 0 Å². The third kappa shape index (κ3) is 2.86.